The number of halogens is 1. The summed E-state index contributed by atoms with van der Waals surface area (Å²) in [5.41, 5.74) is 9.74. The number of pyridine rings is 1. The molecule has 2 heterocycles. The molecule has 0 bridgehead atoms. The molecule has 1 fully saturated rings. The number of fused-ring (bicyclic) bond motifs is 1. The zero-order valence-corrected chi connectivity index (χ0v) is 25.7. The van der Waals surface area contributed by atoms with Crippen LogP contribution in [0.25, 0.3) is 16.6 Å². The minimum atomic E-state index is -3.40. The van der Waals surface area contributed by atoms with Gasteiger partial charge in [-0.25, -0.2) is 22.2 Å². The first-order valence-electron chi connectivity index (χ1n) is 15.0. The van der Waals surface area contributed by atoms with Crippen LogP contribution in [-0.4, -0.2) is 35.1 Å². The van der Waals surface area contributed by atoms with Crippen molar-refractivity contribution in [1.29, 1.82) is 0 Å². The number of rotatable bonds is 9. The summed E-state index contributed by atoms with van der Waals surface area (Å²) in [4.78, 5) is 17.1. The first kappa shape index (κ1) is 32.0. The summed E-state index contributed by atoms with van der Waals surface area (Å²) >= 11 is 0. The number of sulfonamides is 1. The molecular formula is C34H37FN6O3S. The van der Waals surface area contributed by atoms with Crippen LogP contribution in [0.4, 0.5) is 4.39 Å². The van der Waals surface area contributed by atoms with Crippen LogP contribution >= 0.6 is 0 Å². The van der Waals surface area contributed by atoms with Crippen LogP contribution in [-0.2, 0) is 28.9 Å². The molecule has 2 aromatic heterocycles. The summed E-state index contributed by atoms with van der Waals surface area (Å²) in [7, 11) is -3.40. The van der Waals surface area contributed by atoms with E-state index in [1.54, 1.807) is 41.3 Å². The SMILES string of the molecule is NCc1ccccc1.O=C(NCc1ccc(CS(=O)(=O)NC2CCCCC2)cc1)c1cncc2c1cnn2-c1ccc(F)cc1. The first-order valence-corrected chi connectivity index (χ1v) is 16.6. The third-order valence-electron chi connectivity index (χ3n) is 7.68. The van der Waals surface area contributed by atoms with Crippen molar-refractivity contribution in [3.63, 3.8) is 0 Å². The normalized spacial score (nSPS) is 13.6. The van der Waals surface area contributed by atoms with Crippen LogP contribution in [0.5, 0.6) is 0 Å². The molecule has 11 heteroatoms. The van der Waals surface area contributed by atoms with E-state index in [0.717, 1.165) is 31.2 Å². The van der Waals surface area contributed by atoms with Crippen LogP contribution in [0.1, 0.15) is 59.2 Å². The molecule has 3 aromatic carbocycles. The van der Waals surface area contributed by atoms with E-state index < -0.39 is 10.0 Å². The first-order chi connectivity index (χ1) is 21.8. The van der Waals surface area contributed by atoms with Crippen molar-refractivity contribution in [3.05, 3.63) is 126 Å². The van der Waals surface area contributed by atoms with Gasteiger partial charge in [0.25, 0.3) is 5.91 Å². The molecular weight excluding hydrogens is 591 g/mol. The molecule has 4 N–H and O–H groups in total. The maximum Gasteiger partial charge on any atom is 0.253 e. The van der Waals surface area contributed by atoms with Crippen molar-refractivity contribution in [2.45, 2.75) is 57.0 Å². The van der Waals surface area contributed by atoms with E-state index in [-0.39, 0.29) is 30.1 Å². The highest BCUT2D eigenvalue weighted by Crippen LogP contribution is 2.22. The minimum absolute atomic E-state index is 0.0370. The van der Waals surface area contributed by atoms with E-state index in [0.29, 0.717) is 34.3 Å². The Balaban J connectivity index is 0.000000436. The third-order valence-corrected chi connectivity index (χ3v) is 9.08. The van der Waals surface area contributed by atoms with Gasteiger partial charge in [0.2, 0.25) is 10.0 Å². The molecule has 45 heavy (non-hydrogen) atoms. The Morgan fingerprint density at radius 2 is 1.56 bits per heavy atom. The lowest BCUT2D eigenvalue weighted by Crippen LogP contribution is -2.36. The standard InChI is InChI=1S/C27H28FN5O3S.C7H9N/c28-21-10-12-23(13-11-21)33-26-17-29-15-25(24(26)16-31-33)27(34)30-14-19-6-8-20(9-7-19)18-37(35,36)32-22-4-2-1-3-5-22;8-6-7-4-2-1-3-5-7/h6-13,15-17,22,32H,1-5,14,18H2,(H,30,34);1-5H,6,8H2. The van der Waals surface area contributed by atoms with Crippen LogP contribution < -0.4 is 15.8 Å². The summed E-state index contributed by atoms with van der Waals surface area (Å²) < 4.78 is 42.8. The van der Waals surface area contributed by atoms with Gasteiger partial charge in [0.15, 0.2) is 0 Å². The summed E-state index contributed by atoms with van der Waals surface area (Å²) in [6.07, 6.45) is 9.78. The second kappa shape index (κ2) is 15.0. The minimum Gasteiger partial charge on any atom is -0.348 e. The number of hydrogen-bond acceptors (Lipinski definition) is 6. The Kier molecular flexibility index (Phi) is 10.7. The van der Waals surface area contributed by atoms with Gasteiger partial charge in [-0.1, -0.05) is 73.9 Å². The molecule has 0 saturated heterocycles. The average Bonchev–Trinajstić information content (AvgIpc) is 3.50. The quantitative estimate of drug-likeness (QED) is 0.201. The van der Waals surface area contributed by atoms with Crippen molar-refractivity contribution in [3.8, 4) is 5.69 Å². The van der Waals surface area contributed by atoms with Crippen molar-refractivity contribution in [2.75, 3.05) is 0 Å². The Morgan fingerprint density at radius 1 is 0.867 bits per heavy atom. The van der Waals surface area contributed by atoms with E-state index in [2.05, 4.69) is 20.1 Å². The number of nitrogens with zero attached hydrogens (tertiary/aromatic N) is 3. The molecule has 9 nitrogen and oxygen atoms in total. The average molecular weight is 629 g/mol. The molecule has 6 rings (SSSR count). The number of benzene rings is 3. The van der Waals surface area contributed by atoms with Gasteiger partial charge in [0.1, 0.15) is 5.82 Å². The highest BCUT2D eigenvalue weighted by Gasteiger charge is 2.20. The Bertz CT molecular complexity index is 1810. The lowest BCUT2D eigenvalue weighted by atomic mass is 9.96. The lowest BCUT2D eigenvalue weighted by molar-refractivity contribution is 0.0952. The van der Waals surface area contributed by atoms with Crippen molar-refractivity contribution >= 4 is 26.8 Å². The monoisotopic (exact) mass is 628 g/mol. The molecule has 1 aliphatic carbocycles. The molecule has 0 radical (unpaired) electrons. The maximum atomic E-state index is 13.3. The molecule has 1 saturated carbocycles. The molecule has 0 unspecified atom stereocenters. The maximum absolute atomic E-state index is 13.3. The topological polar surface area (TPSA) is 132 Å². The fourth-order valence-corrected chi connectivity index (χ4v) is 6.75. The van der Waals surface area contributed by atoms with Crippen molar-refractivity contribution in [1.82, 2.24) is 24.8 Å². The zero-order chi connectivity index (χ0) is 31.6. The molecule has 0 atom stereocenters. The van der Waals surface area contributed by atoms with Gasteiger partial charge in [-0.05, 0) is 53.8 Å². The number of nitrogens with one attached hydrogen (secondary N) is 2. The smallest absolute Gasteiger partial charge is 0.253 e. The predicted molar refractivity (Wildman–Crippen MR) is 173 cm³/mol. The highest BCUT2D eigenvalue weighted by molar-refractivity contribution is 7.88. The second-order valence-electron chi connectivity index (χ2n) is 11.1. The van der Waals surface area contributed by atoms with Crippen LogP contribution in [0.3, 0.4) is 0 Å². The van der Waals surface area contributed by atoms with Crippen molar-refractivity contribution in [2.24, 2.45) is 5.73 Å². The van der Waals surface area contributed by atoms with E-state index in [1.807, 2.05) is 42.5 Å². The van der Waals surface area contributed by atoms with Gasteiger partial charge in [0.05, 0.1) is 34.9 Å². The van der Waals surface area contributed by atoms with Gasteiger partial charge in [-0.15, -0.1) is 0 Å². The fraction of sp³-hybridized carbons (Fsp3) is 0.265. The summed E-state index contributed by atoms with van der Waals surface area (Å²) in [5, 5.41) is 7.87. The fourth-order valence-electron chi connectivity index (χ4n) is 5.29. The van der Waals surface area contributed by atoms with Gasteiger partial charge >= 0.3 is 0 Å². The number of nitrogens with two attached hydrogens (primary N) is 1. The van der Waals surface area contributed by atoms with Gasteiger partial charge in [-0.2, -0.15) is 5.10 Å². The van der Waals surface area contributed by atoms with E-state index in [9.17, 15) is 17.6 Å². The number of amides is 1. The van der Waals surface area contributed by atoms with E-state index in [1.165, 1.54) is 30.3 Å². The largest absolute Gasteiger partial charge is 0.348 e. The lowest BCUT2D eigenvalue weighted by Gasteiger charge is -2.22. The van der Waals surface area contributed by atoms with Gasteiger partial charge in [0, 0.05) is 30.7 Å². The summed E-state index contributed by atoms with van der Waals surface area (Å²) in [6, 6.07) is 23.1. The highest BCUT2D eigenvalue weighted by atomic mass is 32.2. The number of carbonyl (C=O) groups excluding carboxylic acids is 1. The van der Waals surface area contributed by atoms with Crippen LogP contribution in [0, 0.1) is 5.82 Å². The van der Waals surface area contributed by atoms with Gasteiger partial charge < -0.3 is 11.1 Å². The van der Waals surface area contributed by atoms with E-state index >= 15 is 0 Å². The zero-order valence-electron chi connectivity index (χ0n) is 24.9. The number of hydrogen-bond donors (Lipinski definition) is 3. The molecule has 5 aromatic rings. The second-order valence-corrected chi connectivity index (χ2v) is 12.8. The number of aromatic nitrogens is 3. The number of carbonyl (C=O) groups is 1. The van der Waals surface area contributed by atoms with E-state index in [4.69, 9.17) is 5.73 Å². The Morgan fingerprint density at radius 3 is 2.22 bits per heavy atom. The summed E-state index contributed by atoms with van der Waals surface area (Å²) in [6.45, 7) is 0.912. The predicted octanol–water partition coefficient (Wildman–Crippen LogP) is 5.39. The Hall–Kier alpha value is -4.45. The molecule has 1 amide bonds. The molecule has 0 aliphatic heterocycles. The summed E-state index contributed by atoms with van der Waals surface area (Å²) in [5.74, 6) is -0.716. The molecule has 1 aliphatic rings. The van der Waals surface area contributed by atoms with Gasteiger partial charge in [-0.3, -0.25) is 9.78 Å². The Labute approximate surface area is 262 Å². The molecule has 234 valence electrons. The third kappa shape index (κ3) is 8.81. The van der Waals surface area contributed by atoms with Crippen LogP contribution in [0.15, 0.2) is 97.5 Å². The molecule has 0 spiro atoms. The van der Waals surface area contributed by atoms with Crippen molar-refractivity contribution < 1.29 is 17.6 Å². The van der Waals surface area contributed by atoms with Crippen LogP contribution in [0.2, 0.25) is 0 Å².